The van der Waals surface area contributed by atoms with Crippen molar-refractivity contribution in [2.24, 2.45) is 0 Å². The van der Waals surface area contributed by atoms with Gasteiger partial charge in [-0.25, -0.2) is 15.0 Å². The normalized spacial score (nSPS) is 13.2. The lowest BCUT2D eigenvalue weighted by Gasteiger charge is -2.14. The molecule has 1 unspecified atom stereocenters. The Morgan fingerprint density at radius 1 is 1.45 bits per heavy atom. The molecular weight excluding hydrogens is 347 g/mol. The first-order valence-corrected chi connectivity index (χ1v) is 9.08. The maximum absolute atomic E-state index is 11.1. The number of imidazole rings is 1. The summed E-state index contributed by atoms with van der Waals surface area (Å²) in [5.41, 5.74) is 6.84. The van der Waals surface area contributed by atoms with Crippen molar-refractivity contribution in [3.8, 4) is 0 Å². The van der Waals surface area contributed by atoms with Gasteiger partial charge in [-0.05, 0) is 29.4 Å². The Labute approximate surface area is 131 Å². The molecule has 2 N–H and O–H groups in total. The fourth-order valence-electron chi connectivity index (χ4n) is 1.58. The molecule has 0 fully saturated rings. The fourth-order valence-corrected chi connectivity index (χ4v) is 2.34. The predicted molar refractivity (Wildman–Crippen MR) is 81.7 cm³/mol. The summed E-state index contributed by atoms with van der Waals surface area (Å²) >= 11 is 10.8. The maximum atomic E-state index is 11.1. The predicted octanol–water partition coefficient (Wildman–Crippen LogP) is 2.86. The Morgan fingerprint density at radius 2 is 2.15 bits per heavy atom. The van der Waals surface area contributed by atoms with Crippen LogP contribution in [0.3, 0.4) is 0 Å². The van der Waals surface area contributed by atoms with Crippen LogP contribution in [0.1, 0.15) is 6.92 Å². The summed E-state index contributed by atoms with van der Waals surface area (Å²) < 4.78 is 18.2. The van der Waals surface area contributed by atoms with Gasteiger partial charge in [0.2, 0.25) is 0 Å². The lowest BCUT2D eigenvalue weighted by atomic mass is 10.4. The highest BCUT2D eigenvalue weighted by molar-refractivity contribution is 8.08. The molecule has 112 valence electrons. The van der Waals surface area contributed by atoms with E-state index in [2.05, 4.69) is 15.0 Å². The van der Waals surface area contributed by atoms with Gasteiger partial charge in [0.15, 0.2) is 11.5 Å². The first-order valence-electron chi connectivity index (χ1n) is 5.38. The van der Waals surface area contributed by atoms with Gasteiger partial charge < -0.3 is 15.0 Å². The van der Waals surface area contributed by atoms with Gasteiger partial charge in [-0.15, -0.1) is 12.4 Å². The lowest BCUT2D eigenvalue weighted by Crippen LogP contribution is -2.16. The molecule has 20 heavy (non-hydrogen) atoms. The van der Waals surface area contributed by atoms with E-state index in [1.807, 2.05) is 0 Å². The van der Waals surface area contributed by atoms with Crippen LogP contribution in [0, 0.1) is 0 Å². The van der Waals surface area contributed by atoms with Gasteiger partial charge in [0.1, 0.15) is 18.2 Å². The molecular formula is C9H13Cl3N5O2P. The molecule has 0 bridgehead atoms. The number of ether oxygens (including phenoxy) is 1. The molecule has 0 aliphatic heterocycles. The zero-order valence-electron chi connectivity index (χ0n) is 10.4. The Kier molecular flexibility index (Phi) is 6.04. The molecule has 2 aromatic heterocycles. The highest BCUT2D eigenvalue weighted by Gasteiger charge is 2.17. The number of nitrogens with zero attached hydrogens (tertiary/aromatic N) is 4. The number of rotatable bonds is 5. The van der Waals surface area contributed by atoms with Crippen molar-refractivity contribution in [2.45, 2.75) is 19.6 Å². The summed E-state index contributed by atoms with van der Waals surface area (Å²) in [6.45, 7) is 2.26. The second kappa shape index (κ2) is 6.91. The third kappa shape index (κ3) is 4.46. The fraction of sp³-hybridized carbons (Fsp3) is 0.444. The number of aromatic nitrogens is 4. The summed E-state index contributed by atoms with van der Waals surface area (Å²) in [5, 5.41) is 0. The lowest BCUT2D eigenvalue weighted by molar-refractivity contribution is 0.0884. The van der Waals surface area contributed by atoms with Crippen LogP contribution in [0.4, 0.5) is 5.82 Å². The number of halogens is 3. The molecule has 11 heteroatoms. The van der Waals surface area contributed by atoms with Crippen molar-refractivity contribution in [3.63, 3.8) is 0 Å². The molecule has 0 aromatic carbocycles. The number of nitrogens with two attached hydrogens (primary N) is 1. The third-order valence-electron chi connectivity index (χ3n) is 2.39. The molecule has 1 atom stereocenters. The molecule has 0 amide bonds. The second-order valence-corrected chi connectivity index (χ2v) is 9.20. The van der Waals surface area contributed by atoms with Crippen molar-refractivity contribution in [1.29, 1.82) is 0 Å². The van der Waals surface area contributed by atoms with Crippen LogP contribution in [0.5, 0.6) is 0 Å². The smallest absolute Gasteiger partial charge is 0.277 e. The molecule has 0 spiro atoms. The van der Waals surface area contributed by atoms with E-state index in [-0.39, 0.29) is 24.9 Å². The third-order valence-corrected chi connectivity index (χ3v) is 3.43. The Bertz CT molecular complexity index is 631. The van der Waals surface area contributed by atoms with E-state index in [0.717, 1.165) is 0 Å². The van der Waals surface area contributed by atoms with Crippen LogP contribution in [-0.2, 0) is 15.8 Å². The van der Waals surface area contributed by atoms with Gasteiger partial charge in [-0.3, -0.25) is 4.57 Å². The van der Waals surface area contributed by atoms with Crippen LogP contribution >= 0.6 is 40.7 Å². The topological polar surface area (TPSA) is 95.9 Å². The van der Waals surface area contributed by atoms with E-state index >= 15 is 0 Å². The summed E-state index contributed by atoms with van der Waals surface area (Å²) in [7, 11) is 0. The number of nitrogen functional groups attached to an aromatic ring is 1. The van der Waals surface area contributed by atoms with Crippen molar-refractivity contribution in [3.05, 3.63) is 12.7 Å². The zero-order valence-corrected chi connectivity index (χ0v) is 13.7. The molecule has 0 saturated carbocycles. The van der Waals surface area contributed by atoms with Crippen molar-refractivity contribution < 1.29 is 9.30 Å². The van der Waals surface area contributed by atoms with Gasteiger partial charge in [-0.1, -0.05) is 0 Å². The Hall–Kier alpha value is -0.590. The molecule has 2 rings (SSSR count). The van der Waals surface area contributed by atoms with E-state index in [4.69, 9.17) is 33.0 Å². The second-order valence-electron chi connectivity index (χ2n) is 4.00. The summed E-state index contributed by atoms with van der Waals surface area (Å²) in [6.07, 6.45) is 2.52. The minimum atomic E-state index is -3.21. The quantitative estimate of drug-likeness (QED) is 0.824. The van der Waals surface area contributed by atoms with Gasteiger partial charge in [-0.2, -0.15) is 0 Å². The molecule has 0 aliphatic carbocycles. The summed E-state index contributed by atoms with van der Waals surface area (Å²) in [5.74, 6) is -2.89. The van der Waals surface area contributed by atoms with E-state index < -0.39 is 5.85 Å². The van der Waals surface area contributed by atoms with Crippen LogP contribution in [-0.4, -0.2) is 32.0 Å². The number of fused-ring (bicyclic) bond motifs is 1. The number of hydrogen-bond donors (Lipinski definition) is 1. The largest absolute Gasteiger partial charge is 0.382 e. The average molecular weight is 361 g/mol. The van der Waals surface area contributed by atoms with Crippen molar-refractivity contribution >= 4 is 57.7 Å². The minimum Gasteiger partial charge on any atom is -0.382 e. The van der Waals surface area contributed by atoms with Crippen molar-refractivity contribution in [2.75, 3.05) is 12.1 Å². The molecule has 0 aliphatic rings. The van der Waals surface area contributed by atoms with E-state index in [9.17, 15) is 4.57 Å². The average Bonchev–Trinajstić information content (AvgIpc) is 2.71. The first kappa shape index (κ1) is 17.5. The zero-order chi connectivity index (χ0) is 14.0. The highest BCUT2D eigenvalue weighted by Crippen LogP contribution is 2.56. The van der Waals surface area contributed by atoms with Gasteiger partial charge >= 0.3 is 0 Å². The summed E-state index contributed by atoms with van der Waals surface area (Å²) in [4.78, 5) is 12.1. The van der Waals surface area contributed by atoms with Gasteiger partial charge in [0.25, 0.3) is 5.85 Å². The Morgan fingerprint density at radius 3 is 2.80 bits per heavy atom. The van der Waals surface area contributed by atoms with Gasteiger partial charge in [0, 0.05) is 0 Å². The van der Waals surface area contributed by atoms with Gasteiger partial charge in [0.05, 0.1) is 19.0 Å². The summed E-state index contributed by atoms with van der Waals surface area (Å²) in [6, 6.07) is 0. The molecule has 0 radical (unpaired) electrons. The van der Waals surface area contributed by atoms with Crippen LogP contribution < -0.4 is 5.73 Å². The Balaban J connectivity index is 0.00000200. The van der Waals surface area contributed by atoms with E-state index in [0.29, 0.717) is 23.5 Å². The molecule has 7 nitrogen and oxygen atoms in total. The minimum absolute atomic E-state index is 0. The highest BCUT2D eigenvalue weighted by atomic mass is 35.9. The van der Waals surface area contributed by atoms with E-state index in [1.54, 1.807) is 17.8 Å². The first-order chi connectivity index (χ1) is 8.87. The molecule has 0 saturated heterocycles. The number of hydrogen-bond acceptors (Lipinski definition) is 6. The SMILES string of the molecule is CC(Cn1cnc2c(N)ncnc21)OCP(=O)(Cl)Cl.Cl. The van der Waals surface area contributed by atoms with Crippen molar-refractivity contribution in [1.82, 2.24) is 19.5 Å². The monoisotopic (exact) mass is 359 g/mol. The number of anilines is 1. The molecule has 2 heterocycles. The van der Waals surface area contributed by atoms with Crippen LogP contribution in [0.15, 0.2) is 12.7 Å². The van der Waals surface area contributed by atoms with Crippen LogP contribution in [0.25, 0.3) is 11.2 Å². The van der Waals surface area contributed by atoms with E-state index in [1.165, 1.54) is 6.33 Å². The standard InChI is InChI=1S/C9H12Cl2N5O2P.ClH/c1-6(18-5-19(10,11)17)2-16-4-15-7-8(12)13-3-14-9(7)16;/h3-4,6H,2,5H2,1H3,(H2,12,13,14);1H. The maximum Gasteiger partial charge on any atom is 0.277 e. The van der Waals surface area contributed by atoms with Crippen LogP contribution in [0.2, 0.25) is 0 Å². The molecule has 2 aromatic rings.